The lowest BCUT2D eigenvalue weighted by Crippen LogP contribution is -2.06. The van der Waals surface area contributed by atoms with Gasteiger partial charge in [-0.15, -0.1) is 0 Å². The summed E-state index contributed by atoms with van der Waals surface area (Å²) in [4.78, 5) is 20.0. The molecule has 29 heavy (non-hydrogen) atoms. The van der Waals surface area contributed by atoms with Crippen LogP contribution in [0, 0.1) is 18.7 Å². The third-order valence-corrected chi connectivity index (χ3v) is 5.07. The Morgan fingerprint density at radius 2 is 2.07 bits per heavy atom. The second-order valence-electron chi connectivity index (χ2n) is 7.16. The van der Waals surface area contributed by atoms with Crippen molar-refractivity contribution in [2.24, 2.45) is 5.92 Å². The highest BCUT2D eigenvalue weighted by atomic mass is 19.1. The molecule has 4 rings (SSSR count). The van der Waals surface area contributed by atoms with Crippen LogP contribution in [0.4, 0.5) is 4.39 Å². The molecule has 0 radical (unpaired) electrons. The highest BCUT2D eigenvalue weighted by Gasteiger charge is 2.25. The molecule has 2 aromatic heterocycles. The van der Waals surface area contributed by atoms with Crippen LogP contribution in [0.25, 0.3) is 22.2 Å². The molecule has 1 aromatic carbocycles. The minimum Gasteiger partial charge on any atom is -0.494 e. The monoisotopic (exact) mass is 398 g/mol. The van der Waals surface area contributed by atoms with E-state index in [1.54, 1.807) is 26.1 Å². The molecule has 7 heteroatoms. The Labute approximate surface area is 168 Å². The van der Waals surface area contributed by atoms with Gasteiger partial charge in [-0.25, -0.2) is 9.18 Å². The summed E-state index contributed by atoms with van der Waals surface area (Å²) in [6.07, 6.45) is 3.88. The average molecular weight is 398 g/mol. The Kier molecular flexibility index (Phi) is 5.13. The SMILES string of the molecule is CCOC(=O)c1c(C)[nH]c2c(-c3cc(OC)c(F)cc3OCC3CC3)ccnc12. The van der Waals surface area contributed by atoms with Gasteiger partial charge in [-0.2, -0.15) is 0 Å². The smallest absolute Gasteiger partial charge is 0.342 e. The zero-order valence-electron chi connectivity index (χ0n) is 16.7. The Morgan fingerprint density at radius 3 is 2.76 bits per heavy atom. The quantitative estimate of drug-likeness (QED) is 0.587. The fourth-order valence-electron chi connectivity index (χ4n) is 3.40. The summed E-state index contributed by atoms with van der Waals surface area (Å²) in [6.45, 7) is 4.38. The zero-order chi connectivity index (χ0) is 20.5. The number of aromatic amines is 1. The predicted molar refractivity (Wildman–Crippen MR) is 107 cm³/mol. The molecule has 1 N–H and O–H groups in total. The molecule has 0 atom stereocenters. The van der Waals surface area contributed by atoms with Gasteiger partial charge in [0.25, 0.3) is 0 Å². The van der Waals surface area contributed by atoms with Crippen molar-refractivity contribution in [3.8, 4) is 22.6 Å². The number of aromatic nitrogens is 2. The standard InChI is InChI=1S/C22H23FN2O4/c1-4-28-22(26)19-12(2)25-20-14(7-8-24-21(19)20)15-9-18(27-3)16(23)10-17(15)29-11-13-5-6-13/h7-10,13,25H,4-6,11H2,1-3H3. The molecule has 1 aliphatic rings. The van der Waals surface area contributed by atoms with Gasteiger partial charge in [-0.05, 0) is 44.7 Å². The third kappa shape index (κ3) is 3.64. The third-order valence-electron chi connectivity index (χ3n) is 5.07. The minimum absolute atomic E-state index is 0.123. The van der Waals surface area contributed by atoms with E-state index >= 15 is 0 Å². The largest absolute Gasteiger partial charge is 0.494 e. The number of hydrogen-bond donors (Lipinski definition) is 1. The lowest BCUT2D eigenvalue weighted by atomic mass is 10.0. The van der Waals surface area contributed by atoms with E-state index in [-0.39, 0.29) is 12.4 Å². The van der Waals surface area contributed by atoms with Crippen molar-refractivity contribution < 1.29 is 23.4 Å². The fourth-order valence-corrected chi connectivity index (χ4v) is 3.40. The van der Waals surface area contributed by atoms with Crippen LogP contribution in [0.5, 0.6) is 11.5 Å². The number of H-pyrrole nitrogens is 1. The number of nitrogens with zero attached hydrogens (tertiary/aromatic N) is 1. The van der Waals surface area contributed by atoms with Gasteiger partial charge in [0.1, 0.15) is 16.8 Å². The number of benzene rings is 1. The molecule has 0 spiro atoms. The number of methoxy groups -OCH3 is 1. The summed E-state index contributed by atoms with van der Waals surface area (Å²) in [5.41, 5.74) is 3.66. The van der Waals surface area contributed by atoms with Gasteiger partial charge in [0.2, 0.25) is 0 Å². The highest BCUT2D eigenvalue weighted by Crippen LogP contribution is 2.40. The maximum atomic E-state index is 14.4. The molecule has 1 aliphatic carbocycles. The second-order valence-corrected chi connectivity index (χ2v) is 7.16. The molecule has 0 bridgehead atoms. The molecular weight excluding hydrogens is 375 g/mol. The summed E-state index contributed by atoms with van der Waals surface area (Å²) in [5, 5.41) is 0. The molecule has 3 aromatic rings. The van der Waals surface area contributed by atoms with E-state index in [2.05, 4.69) is 9.97 Å². The van der Waals surface area contributed by atoms with Gasteiger partial charge in [-0.1, -0.05) is 0 Å². The Hall–Kier alpha value is -3.09. The van der Waals surface area contributed by atoms with Crippen LogP contribution in [0.15, 0.2) is 24.4 Å². The topological polar surface area (TPSA) is 73.4 Å². The van der Waals surface area contributed by atoms with Crippen LogP contribution in [-0.4, -0.2) is 36.3 Å². The van der Waals surface area contributed by atoms with Crippen LogP contribution >= 0.6 is 0 Å². The number of halogens is 1. The maximum absolute atomic E-state index is 14.4. The van der Waals surface area contributed by atoms with E-state index in [9.17, 15) is 9.18 Å². The summed E-state index contributed by atoms with van der Waals surface area (Å²) in [5.74, 6) is 0.170. The van der Waals surface area contributed by atoms with E-state index in [0.717, 1.165) is 18.4 Å². The molecule has 152 valence electrons. The number of nitrogens with one attached hydrogen (secondary N) is 1. The molecule has 6 nitrogen and oxygen atoms in total. The van der Waals surface area contributed by atoms with Gasteiger partial charge < -0.3 is 19.2 Å². The van der Waals surface area contributed by atoms with E-state index in [4.69, 9.17) is 14.2 Å². The van der Waals surface area contributed by atoms with Crippen molar-refractivity contribution in [2.45, 2.75) is 26.7 Å². The van der Waals surface area contributed by atoms with Gasteiger partial charge >= 0.3 is 5.97 Å². The molecular formula is C22H23FN2O4. The van der Waals surface area contributed by atoms with Gasteiger partial charge in [0, 0.05) is 29.1 Å². The first-order valence-corrected chi connectivity index (χ1v) is 9.68. The summed E-state index contributed by atoms with van der Waals surface area (Å²) >= 11 is 0. The Bertz CT molecular complexity index is 1070. The van der Waals surface area contributed by atoms with E-state index in [0.29, 0.717) is 46.1 Å². The van der Waals surface area contributed by atoms with Crippen LogP contribution in [0.2, 0.25) is 0 Å². The highest BCUT2D eigenvalue weighted by molar-refractivity contribution is 6.07. The Balaban J connectivity index is 1.87. The van der Waals surface area contributed by atoms with Crippen molar-refractivity contribution in [1.29, 1.82) is 0 Å². The van der Waals surface area contributed by atoms with Crippen LogP contribution in [0.3, 0.4) is 0 Å². The zero-order valence-corrected chi connectivity index (χ0v) is 16.7. The fraction of sp³-hybridized carbons (Fsp3) is 0.364. The number of ether oxygens (including phenoxy) is 3. The van der Waals surface area contributed by atoms with Gasteiger partial charge in [-0.3, -0.25) is 4.98 Å². The van der Waals surface area contributed by atoms with Crippen LogP contribution < -0.4 is 9.47 Å². The number of rotatable bonds is 7. The molecule has 1 saturated carbocycles. The first kappa shape index (κ1) is 19.2. The number of pyridine rings is 1. The molecule has 0 aliphatic heterocycles. The molecule has 0 saturated heterocycles. The predicted octanol–water partition coefficient (Wildman–Crippen LogP) is 4.65. The number of hydrogen-bond acceptors (Lipinski definition) is 5. The van der Waals surface area contributed by atoms with Crippen LogP contribution in [-0.2, 0) is 4.74 Å². The number of aryl methyl sites for hydroxylation is 1. The van der Waals surface area contributed by atoms with Crippen molar-refractivity contribution in [3.63, 3.8) is 0 Å². The molecule has 0 unspecified atom stereocenters. The lowest BCUT2D eigenvalue weighted by molar-refractivity contribution is 0.0527. The van der Waals surface area contributed by atoms with E-state index in [1.165, 1.54) is 13.2 Å². The van der Waals surface area contributed by atoms with Crippen LogP contribution in [0.1, 0.15) is 35.8 Å². The van der Waals surface area contributed by atoms with E-state index < -0.39 is 11.8 Å². The molecule has 1 fully saturated rings. The summed E-state index contributed by atoms with van der Waals surface area (Å²) in [7, 11) is 1.42. The number of carbonyl (C=O) groups is 1. The first-order valence-electron chi connectivity index (χ1n) is 9.68. The first-order chi connectivity index (χ1) is 14.0. The van der Waals surface area contributed by atoms with Crippen molar-refractivity contribution in [2.75, 3.05) is 20.3 Å². The number of carbonyl (C=O) groups excluding carboxylic acids is 1. The summed E-state index contributed by atoms with van der Waals surface area (Å²) in [6, 6.07) is 4.78. The number of esters is 1. The van der Waals surface area contributed by atoms with Crippen molar-refractivity contribution in [3.05, 3.63) is 41.5 Å². The lowest BCUT2D eigenvalue weighted by Gasteiger charge is -2.14. The van der Waals surface area contributed by atoms with Gasteiger partial charge in [0.05, 0.1) is 25.8 Å². The van der Waals surface area contributed by atoms with E-state index in [1.807, 2.05) is 6.07 Å². The maximum Gasteiger partial charge on any atom is 0.342 e. The Morgan fingerprint density at radius 1 is 1.28 bits per heavy atom. The normalized spacial score (nSPS) is 13.5. The van der Waals surface area contributed by atoms with Crippen molar-refractivity contribution >= 4 is 17.0 Å². The molecule has 2 heterocycles. The molecule has 0 amide bonds. The minimum atomic E-state index is -0.484. The average Bonchev–Trinajstić information content (AvgIpc) is 3.46. The number of fused-ring (bicyclic) bond motifs is 1. The van der Waals surface area contributed by atoms with Crippen molar-refractivity contribution in [1.82, 2.24) is 9.97 Å². The summed E-state index contributed by atoms with van der Waals surface area (Å²) < 4.78 is 30.7. The van der Waals surface area contributed by atoms with Gasteiger partial charge in [0.15, 0.2) is 11.6 Å². The second kappa shape index (κ2) is 7.73.